The number of fused-ring (bicyclic) bond motifs is 1. The van der Waals surface area contributed by atoms with E-state index in [1.165, 1.54) is 0 Å². The summed E-state index contributed by atoms with van der Waals surface area (Å²) in [5.74, 6) is -0.394. The highest BCUT2D eigenvalue weighted by atomic mass is 16.5. The van der Waals surface area contributed by atoms with Crippen LogP contribution in [0.4, 0.5) is 10.5 Å². The third-order valence-electron chi connectivity index (χ3n) is 5.16. The van der Waals surface area contributed by atoms with Gasteiger partial charge in [-0.05, 0) is 35.4 Å². The molecule has 0 aromatic heterocycles. The molecule has 1 heterocycles. The molecule has 3 aromatic rings. The molecule has 3 N–H and O–H groups in total. The molecular weight excluding hydrogens is 378 g/mol. The fourth-order valence-corrected chi connectivity index (χ4v) is 3.84. The SMILES string of the molecule is C=C1NC(=O)N[C@H](c2cccc3ccccc23)[C@H]1C(=O)Nc1ccccc1OCC. The summed E-state index contributed by atoms with van der Waals surface area (Å²) in [5.41, 5.74) is 1.79. The highest BCUT2D eigenvalue weighted by Gasteiger charge is 2.38. The lowest BCUT2D eigenvalue weighted by Crippen LogP contribution is -2.51. The van der Waals surface area contributed by atoms with Gasteiger partial charge in [-0.3, -0.25) is 4.79 Å². The van der Waals surface area contributed by atoms with E-state index >= 15 is 0 Å². The Kier molecular flexibility index (Phi) is 5.39. The number of amides is 3. The van der Waals surface area contributed by atoms with E-state index < -0.39 is 12.0 Å². The highest BCUT2D eigenvalue weighted by molar-refractivity contribution is 5.99. The molecule has 3 amide bonds. The van der Waals surface area contributed by atoms with Gasteiger partial charge in [0.1, 0.15) is 11.7 Å². The molecule has 0 bridgehead atoms. The Morgan fingerprint density at radius 3 is 2.63 bits per heavy atom. The van der Waals surface area contributed by atoms with Gasteiger partial charge in [-0.2, -0.15) is 0 Å². The number of hydrogen-bond acceptors (Lipinski definition) is 3. The number of anilines is 1. The lowest BCUT2D eigenvalue weighted by atomic mass is 9.86. The van der Waals surface area contributed by atoms with Crippen molar-refractivity contribution in [1.82, 2.24) is 10.6 Å². The summed E-state index contributed by atoms with van der Waals surface area (Å²) in [7, 11) is 0. The molecule has 0 aliphatic carbocycles. The normalized spacial score (nSPS) is 18.4. The molecule has 1 saturated heterocycles. The summed E-state index contributed by atoms with van der Waals surface area (Å²) in [6.07, 6.45) is 0. The van der Waals surface area contributed by atoms with E-state index in [0.717, 1.165) is 16.3 Å². The Hall–Kier alpha value is -3.80. The minimum atomic E-state index is -0.705. The van der Waals surface area contributed by atoms with Crippen LogP contribution < -0.4 is 20.7 Å². The standard InChI is InChI=1S/C24H23N3O3/c1-3-30-20-14-7-6-13-19(20)26-23(28)21-15(2)25-24(29)27-22(21)18-12-8-10-16-9-4-5-11-17(16)18/h4-14,21-22H,2-3H2,1H3,(H,26,28)(H2,25,27,29)/t21-,22+/m0/s1. The van der Waals surface area contributed by atoms with Crippen molar-refractivity contribution in [3.8, 4) is 5.75 Å². The minimum Gasteiger partial charge on any atom is -0.492 e. The smallest absolute Gasteiger partial charge is 0.319 e. The zero-order valence-corrected chi connectivity index (χ0v) is 16.6. The van der Waals surface area contributed by atoms with Crippen LogP contribution >= 0.6 is 0 Å². The number of carbonyl (C=O) groups is 2. The third-order valence-corrected chi connectivity index (χ3v) is 5.16. The van der Waals surface area contributed by atoms with Crippen LogP contribution in [-0.4, -0.2) is 18.5 Å². The fraction of sp³-hybridized carbons (Fsp3) is 0.167. The second-order valence-corrected chi connectivity index (χ2v) is 7.07. The van der Waals surface area contributed by atoms with Gasteiger partial charge in [-0.1, -0.05) is 61.2 Å². The van der Waals surface area contributed by atoms with E-state index in [4.69, 9.17) is 4.74 Å². The van der Waals surface area contributed by atoms with Crippen LogP contribution in [-0.2, 0) is 4.79 Å². The zero-order chi connectivity index (χ0) is 21.1. The summed E-state index contributed by atoms with van der Waals surface area (Å²) in [5, 5.41) is 10.5. The summed E-state index contributed by atoms with van der Waals surface area (Å²) < 4.78 is 5.62. The molecule has 0 saturated carbocycles. The van der Waals surface area contributed by atoms with Gasteiger partial charge < -0.3 is 20.7 Å². The van der Waals surface area contributed by atoms with Gasteiger partial charge in [0.2, 0.25) is 5.91 Å². The molecule has 2 atom stereocenters. The fourth-order valence-electron chi connectivity index (χ4n) is 3.84. The van der Waals surface area contributed by atoms with Crippen molar-refractivity contribution in [3.63, 3.8) is 0 Å². The second kappa shape index (κ2) is 8.29. The van der Waals surface area contributed by atoms with Crippen molar-refractivity contribution >= 4 is 28.4 Å². The molecule has 0 radical (unpaired) electrons. The van der Waals surface area contributed by atoms with Crippen LogP contribution in [0.15, 0.2) is 79.0 Å². The monoisotopic (exact) mass is 401 g/mol. The number of benzene rings is 3. The predicted molar refractivity (Wildman–Crippen MR) is 117 cm³/mol. The van der Waals surface area contributed by atoms with Gasteiger partial charge in [0.05, 0.1) is 18.3 Å². The molecule has 152 valence electrons. The Morgan fingerprint density at radius 1 is 1.07 bits per heavy atom. The van der Waals surface area contributed by atoms with Crippen molar-refractivity contribution in [1.29, 1.82) is 0 Å². The van der Waals surface area contributed by atoms with E-state index in [0.29, 0.717) is 23.7 Å². The number of carbonyl (C=O) groups excluding carboxylic acids is 2. The number of para-hydroxylation sites is 2. The first kappa shape index (κ1) is 19.5. The van der Waals surface area contributed by atoms with Crippen LogP contribution in [0.25, 0.3) is 10.8 Å². The van der Waals surface area contributed by atoms with E-state index in [1.807, 2.05) is 61.5 Å². The van der Waals surface area contributed by atoms with Gasteiger partial charge in [-0.15, -0.1) is 0 Å². The number of hydrogen-bond donors (Lipinski definition) is 3. The minimum absolute atomic E-state index is 0.280. The van der Waals surface area contributed by atoms with Gasteiger partial charge >= 0.3 is 6.03 Å². The molecule has 0 unspecified atom stereocenters. The molecular formula is C24H23N3O3. The summed E-state index contributed by atoms with van der Waals surface area (Å²) in [6, 6.07) is 20.1. The first-order valence-corrected chi connectivity index (χ1v) is 9.85. The van der Waals surface area contributed by atoms with Gasteiger partial charge in [0, 0.05) is 5.70 Å². The maximum Gasteiger partial charge on any atom is 0.319 e. The van der Waals surface area contributed by atoms with Crippen LogP contribution in [0, 0.1) is 5.92 Å². The quantitative estimate of drug-likeness (QED) is 0.594. The van der Waals surface area contributed by atoms with Crippen molar-refractivity contribution in [2.75, 3.05) is 11.9 Å². The molecule has 0 spiro atoms. The lowest BCUT2D eigenvalue weighted by molar-refractivity contribution is -0.119. The number of urea groups is 1. The van der Waals surface area contributed by atoms with Crippen LogP contribution in [0.2, 0.25) is 0 Å². The van der Waals surface area contributed by atoms with Gasteiger partial charge in [0.15, 0.2) is 0 Å². The number of rotatable bonds is 5. The lowest BCUT2D eigenvalue weighted by Gasteiger charge is -2.34. The Balaban J connectivity index is 1.72. The zero-order valence-electron chi connectivity index (χ0n) is 16.6. The summed E-state index contributed by atoms with van der Waals surface area (Å²) in [6.45, 7) is 6.33. The summed E-state index contributed by atoms with van der Waals surface area (Å²) >= 11 is 0. The molecule has 1 aliphatic rings. The maximum atomic E-state index is 13.3. The van der Waals surface area contributed by atoms with E-state index in [9.17, 15) is 9.59 Å². The van der Waals surface area contributed by atoms with Crippen molar-refractivity contribution in [2.45, 2.75) is 13.0 Å². The van der Waals surface area contributed by atoms with Crippen molar-refractivity contribution in [3.05, 3.63) is 84.6 Å². The Morgan fingerprint density at radius 2 is 1.80 bits per heavy atom. The average molecular weight is 401 g/mol. The average Bonchev–Trinajstić information content (AvgIpc) is 2.74. The molecule has 1 aliphatic heterocycles. The van der Waals surface area contributed by atoms with E-state index in [-0.39, 0.29) is 11.9 Å². The largest absolute Gasteiger partial charge is 0.492 e. The van der Waals surface area contributed by atoms with Crippen LogP contribution in [0.3, 0.4) is 0 Å². The molecule has 4 rings (SSSR count). The topological polar surface area (TPSA) is 79.5 Å². The van der Waals surface area contributed by atoms with Crippen molar-refractivity contribution < 1.29 is 14.3 Å². The molecule has 3 aromatic carbocycles. The first-order valence-electron chi connectivity index (χ1n) is 9.85. The Labute approximate surface area is 174 Å². The first-order chi connectivity index (χ1) is 14.6. The molecule has 30 heavy (non-hydrogen) atoms. The third kappa shape index (κ3) is 3.72. The highest BCUT2D eigenvalue weighted by Crippen LogP contribution is 2.35. The predicted octanol–water partition coefficient (Wildman–Crippen LogP) is 4.36. The van der Waals surface area contributed by atoms with E-state index in [1.54, 1.807) is 12.1 Å². The Bertz CT molecular complexity index is 1120. The van der Waals surface area contributed by atoms with Gasteiger partial charge in [0.25, 0.3) is 0 Å². The van der Waals surface area contributed by atoms with E-state index in [2.05, 4.69) is 22.5 Å². The van der Waals surface area contributed by atoms with Gasteiger partial charge in [-0.25, -0.2) is 4.79 Å². The maximum absolute atomic E-state index is 13.3. The molecule has 1 fully saturated rings. The molecule has 6 heteroatoms. The number of ether oxygens (including phenoxy) is 1. The second-order valence-electron chi connectivity index (χ2n) is 7.07. The number of nitrogens with one attached hydrogen (secondary N) is 3. The van der Waals surface area contributed by atoms with Crippen molar-refractivity contribution in [2.24, 2.45) is 5.92 Å². The summed E-state index contributed by atoms with van der Waals surface area (Å²) in [4.78, 5) is 25.6. The van der Waals surface area contributed by atoms with Crippen LogP contribution in [0.1, 0.15) is 18.5 Å². The molecule has 6 nitrogen and oxygen atoms in total. The van der Waals surface area contributed by atoms with Crippen LogP contribution in [0.5, 0.6) is 5.75 Å².